The molecule has 1 heterocycles. The zero-order valence-electron chi connectivity index (χ0n) is 5.56. The zero-order valence-corrected chi connectivity index (χ0v) is 5.56. The van der Waals surface area contributed by atoms with Crippen molar-refractivity contribution in [3.8, 4) is 11.5 Å². The molecule has 9 heavy (non-hydrogen) atoms. The van der Waals surface area contributed by atoms with Crippen LogP contribution in [0.1, 0.15) is 11.1 Å². The van der Waals surface area contributed by atoms with E-state index in [-0.39, 0.29) is 0 Å². The Labute approximate surface area is 54.3 Å². The molecule has 0 unspecified atom stereocenters. The highest BCUT2D eigenvalue weighted by atomic mass is 16.6. The lowest BCUT2D eigenvalue weighted by Gasteiger charge is -1.89. The number of rotatable bonds is 0. The average molecular weight is 120 g/mol. The summed E-state index contributed by atoms with van der Waals surface area (Å²) in [4.78, 5) is 0. The Kier molecular flexibility index (Phi) is 0.699. The van der Waals surface area contributed by atoms with Crippen molar-refractivity contribution < 1.29 is 4.74 Å². The summed E-state index contributed by atoms with van der Waals surface area (Å²) in [5, 5.41) is 0. The van der Waals surface area contributed by atoms with E-state index < -0.39 is 0 Å². The molecule has 0 N–H and O–H groups in total. The molecule has 1 aromatic carbocycles. The van der Waals surface area contributed by atoms with Crippen LogP contribution >= 0.6 is 0 Å². The lowest BCUT2D eigenvalue weighted by molar-refractivity contribution is 0.649. The zero-order chi connectivity index (χ0) is 6.43. The average Bonchev–Trinajstić information content (AvgIpc) is 2.46. The Balaban J connectivity index is 2.66. The standard InChI is InChI=1S/C8H8O/c1-5-3-7-8(9-7)4-6(5)2/h3-4H,1-2H3. The molecule has 0 atom stereocenters. The minimum Gasteiger partial charge on any atom is -0.449 e. The van der Waals surface area contributed by atoms with Gasteiger partial charge in [-0.25, -0.2) is 0 Å². The molecule has 0 saturated heterocycles. The molecule has 0 aliphatic carbocycles. The van der Waals surface area contributed by atoms with E-state index in [9.17, 15) is 0 Å². The van der Waals surface area contributed by atoms with Crippen LogP contribution in [0.15, 0.2) is 12.1 Å². The van der Waals surface area contributed by atoms with Gasteiger partial charge in [0.15, 0.2) is 11.5 Å². The summed E-state index contributed by atoms with van der Waals surface area (Å²) in [5.41, 5.74) is 2.62. The Morgan fingerprint density at radius 1 is 1.00 bits per heavy atom. The van der Waals surface area contributed by atoms with Crippen molar-refractivity contribution in [3.63, 3.8) is 0 Å². The van der Waals surface area contributed by atoms with Crippen LogP contribution in [0.25, 0.3) is 0 Å². The summed E-state index contributed by atoms with van der Waals surface area (Å²) in [6, 6.07) is 4.15. The van der Waals surface area contributed by atoms with Gasteiger partial charge in [-0.05, 0) is 37.1 Å². The van der Waals surface area contributed by atoms with Gasteiger partial charge in [-0.15, -0.1) is 0 Å². The number of hydrogen-bond donors (Lipinski definition) is 0. The molecule has 0 spiro atoms. The SMILES string of the molecule is Cc1cc2c(cc1C)O2. The van der Waals surface area contributed by atoms with Crippen molar-refractivity contribution in [2.45, 2.75) is 13.8 Å². The minimum absolute atomic E-state index is 1.05. The van der Waals surface area contributed by atoms with Gasteiger partial charge in [-0.1, -0.05) is 0 Å². The molecular weight excluding hydrogens is 112 g/mol. The number of aryl methyl sites for hydroxylation is 2. The molecule has 1 aliphatic rings. The summed E-state index contributed by atoms with van der Waals surface area (Å²) in [6.07, 6.45) is 0. The summed E-state index contributed by atoms with van der Waals surface area (Å²) in [7, 11) is 0. The molecule has 0 saturated carbocycles. The maximum Gasteiger partial charge on any atom is 0.170 e. The lowest BCUT2D eigenvalue weighted by Crippen LogP contribution is -1.71. The van der Waals surface area contributed by atoms with Gasteiger partial charge in [0.05, 0.1) is 0 Å². The normalized spacial score (nSPS) is 12.2. The van der Waals surface area contributed by atoms with Crippen LogP contribution in [0.2, 0.25) is 0 Å². The van der Waals surface area contributed by atoms with Crippen molar-refractivity contribution in [1.82, 2.24) is 0 Å². The van der Waals surface area contributed by atoms with E-state index in [1.54, 1.807) is 0 Å². The molecule has 1 heteroatoms. The second-order valence-electron chi connectivity index (χ2n) is 2.49. The molecule has 0 radical (unpaired) electrons. The van der Waals surface area contributed by atoms with E-state index in [0.29, 0.717) is 0 Å². The Morgan fingerprint density at radius 3 is 1.89 bits per heavy atom. The smallest absolute Gasteiger partial charge is 0.170 e. The first-order chi connectivity index (χ1) is 4.27. The van der Waals surface area contributed by atoms with Crippen molar-refractivity contribution >= 4 is 0 Å². The maximum atomic E-state index is 5.10. The van der Waals surface area contributed by atoms with Crippen molar-refractivity contribution in [2.24, 2.45) is 0 Å². The number of ether oxygens (including phenoxy) is 1. The van der Waals surface area contributed by atoms with Crippen molar-refractivity contribution in [3.05, 3.63) is 23.3 Å². The first-order valence-corrected chi connectivity index (χ1v) is 3.06. The summed E-state index contributed by atoms with van der Waals surface area (Å²) >= 11 is 0. The van der Waals surface area contributed by atoms with Crippen LogP contribution in [0.3, 0.4) is 0 Å². The third kappa shape index (κ3) is 0.611. The highest BCUT2D eigenvalue weighted by molar-refractivity contribution is 5.57. The van der Waals surface area contributed by atoms with E-state index in [1.165, 1.54) is 11.1 Å². The summed E-state index contributed by atoms with van der Waals surface area (Å²) < 4.78 is 5.10. The van der Waals surface area contributed by atoms with E-state index in [4.69, 9.17) is 4.74 Å². The first kappa shape index (κ1) is 4.86. The van der Waals surface area contributed by atoms with Crippen molar-refractivity contribution in [2.75, 3.05) is 0 Å². The molecule has 2 rings (SSSR count). The second-order valence-corrected chi connectivity index (χ2v) is 2.49. The van der Waals surface area contributed by atoms with Crippen LogP contribution in [-0.2, 0) is 0 Å². The molecule has 1 aliphatic heterocycles. The van der Waals surface area contributed by atoms with E-state index in [0.717, 1.165) is 11.5 Å². The van der Waals surface area contributed by atoms with Gasteiger partial charge in [0.25, 0.3) is 0 Å². The third-order valence-corrected chi connectivity index (χ3v) is 1.74. The highest BCUT2D eigenvalue weighted by Crippen LogP contribution is 2.46. The van der Waals surface area contributed by atoms with Crippen LogP contribution < -0.4 is 4.74 Å². The summed E-state index contributed by atoms with van der Waals surface area (Å²) in [6.45, 7) is 4.19. The monoisotopic (exact) mass is 120 g/mol. The molecule has 0 fully saturated rings. The molecule has 0 bridgehead atoms. The Bertz CT molecular complexity index is 237. The fraction of sp³-hybridized carbons (Fsp3) is 0.250. The van der Waals surface area contributed by atoms with Gasteiger partial charge in [0.1, 0.15) is 0 Å². The Morgan fingerprint density at radius 2 is 1.44 bits per heavy atom. The molecule has 1 nitrogen and oxygen atoms in total. The van der Waals surface area contributed by atoms with Crippen LogP contribution in [0.4, 0.5) is 0 Å². The molecule has 1 aromatic rings. The van der Waals surface area contributed by atoms with Crippen LogP contribution in [-0.4, -0.2) is 0 Å². The Hall–Kier alpha value is -0.980. The summed E-state index contributed by atoms with van der Waals surface area (Å²) in [5.74, 6) is 2.11. The highest BCUT2D eigenvalue weighted by Gasteiger charge is 2.19. The van der Waals surface area contributed by atoms with Crippen LogP contribution in [0, 0.1) is 13.8 Å². The van der Waals surface area contributed by atoms with Crippen molar-refractivity contribution in [1.29, 1.82) is 0 Å². The van der Waals surface area contributed by atoms with Gasteiger partial charge in [0.2, 0.25) is 0 Å². The lowest BCUT2D eigenvalue weighted by atomic mass is 10.1. The quantitative estimate of drug-likeness (QED) is 0.486. The van der Waals surface area contributed by atoms with Gasteiger partial charge >= 0.3 is 0 Å². The molecule has 0 amide bonds. The first-order valence-electron chi connectivity index (χ1n) is 3.06. The predicted molar refractivity (Wildman–Crippen MR) is 36.0 cm³/mol. The number of hydrogen-bond acceptors (Lipinski definition) is 1. The second kappa shape index (κ2) is 1.29. The third-order valence-electron chi connectivity index (χ3n) is 1.74. The minimum atomic E-state index is 1.05. The van der Waals surface area contributed by atoms with E-state index in [1.807, 2.05) is 0 Å². The van der Waals surface area contributed by atoms with Gasteiger partial charge < -0.3 is 4.74 Å². The predicted octanol–water partition coefficient (Wildman–Crippen LogP) is 2.41. The fourth-order valence-electron chi connectivity index (χ4n) is 0.915. The molecule has 46 valence electrons. The molecule has 0 aromatic heterocycles. The van der Waals surface area contributed by atoms with E-state index in [2.05, 4.69) is 26.0 Å². The van der Waals surface area contributed by atoms with Gasteiger partial charge in [0, 0.05) is 0 Å². The number of fused-ring (bicyclic) bond motifs is 1. The van der Waals surface area contributed by atoms with Gasteiger partial charge in [-0.2, -0.15) is 0 Å². The van der Waals surface area contributed by atoms with E-state index >= 15 is 0 Å². The largest absolute Gasteiger partial charge is 0.449 e. The fourth-order valence-corrected chi connectivity index (χ4v) is 0.915. The van der Waals surface area contributed by atoms with Crippen LogP contribution in [0.5, 0.6) is 11.5 Å². The topological polar surface area (TPSA) is 12.5 Å². The number of benzene rings is 1. The maximum absolute atomic E-state index is 5.10. The van der Waals surface area contributed by atoms with Gasteiger partial charge in [-0.3, -0.25) is 0 Å². The molecular formula is C8H8O.